The van der Waals surface area contributed by atoms with E-state index in [1.54, 1.807) is 18.1 Å². The van der Waals surface area contributed by atoms with Gasteiger partial charge in [0, 0.05) is 5.41 Å². The third-order valence-electron chi connectivity index (χ3n) is 10.9. The highest BCUT2D eigenvalue weighted by molar-refractivity contribution is 5.74. The van der Waals surface area contributed by atoms with Crippen LogP contribution in [0.1, 0.15) is 106 Å². The Hall–Kier alpha value is -1.09. The van der Waals surface area contributed by atoms with Crippen molar-refractivity contribution >= 4 is 5.97 Å². The minimum atomic E-state index is -1.13. The van der Waals surface area contributed by atoms with Gasteiger partial charge in [-0.3, -0.25) is 0 Å². The van der Waals surface area contributed by atoms with Crippen LogP contribution in [0.15, 0.2) is 22.8 Å². The van der Waals surface area contributed by atoms with Crippen LogP contribution in [0.25, 0.3) is 0 Å². The van der Waals surface area contributed by atoms with E-state index in [0.29, 0.717) is 17.8 Å². The van der Waals surface area contributed by atoms with E-state index in [0.717, 1.165) is 37.5 Å². The monoisotopic (exact) mass is 441 g/mol. The molecule has 0 aromatic heterocycles. The van der Waals surface area contributed by atoms with Crippen LogP contribution in [0.4, 0.5) is 0 Å². The maximum Gasteiger partial charge on any atom is 0.0649 e. The number of rotatable bonds is 5. The van der Waals surface area contributed by atoms with Crippen LogP contribution in [-0.4, -0.2) is 17.2 Å². The van der Waals surface area contributed by atoms with Gasteiger partial charge in [-0.1, -0.05) is 50.5 Å². The van der Waals surface area contributed by atoms with Crippen molar-refractivity contribution < 1.29 is 15.0 Å². The number of aliphatic hydroxyl groups is 1. The fraction of sp³-hybridized carbons (Fsp3) is 0.828. The Kier molecular flexibility index (Phi) is 6.23. The molecule has 0 saturated heterocycles. The molecule has 4 aliphatic carbocycles. The Morgan fingerprint density at radius 3 is 2.50 bits per heavy atom. The van der Waals surface area contributed by atoms with Gasteiger partial charge in [0.15, 0.2) is 0 Å². The third-order valence-corrected chi connectivity index (χ3v) is 10.9. The van der Waals surface area contributed by atoms with Crippen LogP contribution in [0, 0.1) is 39.9 Å². The summed E-state index contributed by atoms with van der Waals surface area (Å²) in [4.78, 5) is 12.2. The summed E-state index contributed by atoms with van der Waals surface area (Å²) in [6, 6.07) is 0. The average Bonchev–Trinajstić information content (AvgIpc) is 3.08. The SMILES string of the molecule is CC(C)=CCC[C@@H](C)[C@H]1CC[C@H]2C3=C(CC[C@]12C)[C@@]1(C)CC[C@H](O)[C@@](C)(C(=O)[O-])[C@@H]1CC3. The Balaban J connectivity index is 1.62. The van der Waals surface area contributed by atoms with Gasteiger partial charge in [-0.25, -0.2) is 0 Å². The molecule has 4 aliphatic rings. The van der Waals surface area contributed by atoms with Crippen molar-refractivity contribution in [2.45, 2.75) is 112 Å². The highest BCUT2D eigenvalue weighted by Crippen LogP contribution is 2.68. The van der Waals surface area contributed by atoms with E-state index in [-0.39, 0.29) is 11.3 Å². The number of carboxylic acids is 1. The molecule has 2 fully saturated rings. The van der Waals surface area contributed by atoms with Gasteiger partial charge in [0.25, 0.3) is 0 Å². The number of aliphatic hydroxyl groups excluding tert-OH is 1. The van der Waals surface area contributed by atoms with E-state index in [2.05, 4.69) is 40.7 Å². The van der Waals surface area contributed by atoms with Crippen molar-refractivity contribution in [3.8, 4) is 0 Å². The number of allylic oxidation sites excluding steroid dienone is 4. The zero-order chi connectivity index (χ0) is 23.5. The molecule has 4 rings (SSSR count). The molecule has 0 heterocycles. The van der Waals surface area contributed by atoms with Crippen LogP contribution >= 0.6 is 0 Å². The number of aliphatic carboxylic acids is 1. The molecule has 180 valence electrons. The minimum absolute atomic E-state index is 0.0212. The number of carbonyl (C=O) groups is 1. The molecule has 2 saturated carbocycles. The summed E-state index contributed by atoms with van der Waals surface area (Å²) in [5, 5.41) is 22.9. The van der Waals surface area contributed by atoms with Crippen LogP contribution in [0.5, 0.6) is 0 Å². The maximum absolute atomic E-state index is 12.2. The Morgan fingerprint density at radius 2 is 1.84 bits per heavy atom. The number of hydrogen-bond donors (Lipinski definition) is 1. The second-order valence-corrected chi connectivity index (χ2v) is 12.7. The molecule has 0 bridgehead atoms. The molecule has 8 atom stereocenters. The molecule has 3 nitrogen and oxygen atoms in total. The minimum Gasteiger partial charge on any atom is -0.549 e. The summed E-state index contributed by atoms with van der Waals surface area (Å²) < 4.78 is 0. The van der Waals surface area contributed by atoms with E-state index in [1.165, 1.54) is 37.7 Å². The highest BCUT2D eigenvalue weighted by Gasteiger charge is 2.60. The molecule has 32 heavy (non-hydrogen) atoms. The van der Waals surface area contributed by atoms with Gasteiger partial charge in [-0.15, -0.1) is 0 Å². The van der Waals surface area contributed by atoms with Crippen molar-refractivity contribution in [1.29, 1.82) is 0 Å². The molecule has 0 unspecified atom stereocenters. The van der Waals surface area contributed by atoms with Crippen LogP contribution in [-0.2, 0) is 4.79 Å². The van der Waals surface area contributed by atoms with Gasteiger partial charge >= 0.3 is 0 Å². The summed E-state index contributed by atoms with van der Waals surface area (Å²) >= 11 is 0. The van der Waals surface area contributed by atoms with E-state index >= 15 is 0 Å². The Morgan fingerprint density at radius 1 is 1.12 bits per heavy atom. The van der Waals surface area contributed by atoms with Crippen molar-refractivity contribution in [1.82, 2.24) is 0 Å². The van der Waals surface area contributed by atoms with Gasteiger partial charge in [0.05, 0.1) is 12.1 Å². The predicted octanol–water partition coefficient (Wildman–Crippen LogP) is 5.82. The van der Waals surface area contributed by atoms with E-state index < -0.39 is 17.5 Å². The lowest BCUT2D eigenvalue weighted by Gasteiger charge is -2.60. The standard InChI is InChI=1S/C29H46O3/c1-18(2)8-7-9-19(3)21-11-12-22-20-10-13-24-28(5,23(20)14-16-27(21,22)4)17-15-25(30)29(24,6)26(31)32/h8,19,21-22,24-25,30H,7,9-17H2,1-6H3,(H,31,32)/p-1/t19-,21-,22+,24-,25+,27-,28-,29+/m1/s1. The van der Waals surface area contributed by atoms with Gasteiger partial charge in [0.1, 0.15) is 0 Å². The average molecular weight is 442 g/mol. The molecule has 0 aromatic carbocycles. The van der Waals surface area contributed by atoms with Crippen LogP contribution in [0.3, 0.4) is 0 Å². The summed E-state index contributed by atoms with van der Waals surface area (Å²) in [5.41, 5.74) is 3.84. The number of carboxylic acid groups (broad SMARTS) is 1. The highest BCUT2D eigenvalue weighted by atomic mass is 16.4. The molecule has 0 radical (unpaired) electrons. The van der Waals surface area contributed by atoms with Gasteiger partial charge in [-0.05, 0) is 113 Å². The largest absolute Gasteiger partial charge is 0.549 e. The molecule has 0 aliphatic heterocycles. The zero-order valence-corrected chi connectivity index (χ0v) is 21.3. The first-order chi connectivity index (χ1) is 15.0. The van der Waals surface area contributed by atoms with Crippen molar-refractivity contribution in [2.75, 3.05) is 0 Å². The summed E-state index contributed by atoms with van der Waals surface area (Å²) in [7, 11) is 0. The number of fused-ring (bicyclic) bond motifs is 4. The molecule has 0 spiro atoms. The molecule has 0 aromatic rings. The molecule has 1 N–H and O–H groups in total. The number of carbonyl (C=O) groups excluding carboxylic acids is 1. The van der Waals surface area contributed by atoms with E-state index in [9.17, 15) is 15.0 Å². The van der Waals surface area contributed by atoms with Crippen molar-refractivity contribution in [3.05, 3.63) is 22.8 Å². The first-order valence-corrected chi connectivity index (χ1v) is 13.2. The topological polar surface area (TPSA) is 60.4 Å². The van der Waals surface area contributed by atoms with Gasteiger partial charge in [0.2, 0.25) is 0 Å². The lowest BCUT2D eigenvalue weighted by Crippen LogP contribution is -2.61. The maximum atomic E-state index is 12.2. The molecular weight excluding hydrogens is 396 g/mol. The lowest BCUT2D eigenvalue weighted by molar-refractivity contribution is -0.331. The van der Waals surface area contributed by atoms with Crippen molar-refractivity contribution in [3.63, 3.8) is 0 Å². The van der Waals surface area contributed by atoms with Gasteiger partial charge in [-0.2, -0.15) is 0 Å². The fourth-order valence-electron chi connectivity index (χ4n) is 9.07. The quantitative estimate of drug-likeness (QED) is 0.547. The Labute approximate surface area is 195 Å². The molecule has 0 amide bonds. The molecular formula is C29H45O3-. The first-order valence-electron chi connectivity index (χ1n) is 13.2. The lowest BCUT2D eigenvalue weighted by atomic mass is 9.45. The van der Waals surface area contributed by atoms with E-state index in [1.807, 2.05) is 0 Å². The first kappa shape index (κ1) is 24.0. The molecule has 3 heteroatoms. The van der Waals surface area contributed by atoms with Crippen LogP contribution in [0.2, 0.25) is 0 Å². The van der Waals surface area contributed by atoms with E-state index in [4.69, 9.17) is 0 Å². The fourth-order valence-corrected chi connectivity index (χ4v) is 9.07. The summed E-state index contributed by atoms with van der Waals surface area (Å²) in [6.45, 7) is 13.5. The summed E-state index contributed by atoms with van der Waals surface area (Å²) in [6.07, 6.45) is 12.4. The predicted molar refractivity (Wildman–Crippen MR) is 128 cm³/mol. The van der Waals surface area contributed by atoms with Gasteiger partial charge < -0.3 is 15.0 Å². The second kappa shape index (κ2) is 8.29. The smallest absolute Gasteiger partial charge is 0.0649 e. The van der Waals surface area contributed by atoms with Crippen molar-refractivity contribution in [2.24, 2.45) is 39.9 Å². The summed E-state index contributed by atoms with van der Waals surface area (Å²) in [5.74, 6) is 1.13. The normalized spacial score (nSPS) is 44.3. The third kappa shape index (κ3) is 3.44. The number of hydrogen-bond acceptors (Lipinski definition) is 3. The second-order valence-electron chi connectivity index (χ2n) is 12.7. The zero-order valence-electron chi connectivity index (χ0n) is 21.3. The Bertz CT molecular complexity index is 820. The van der Waals surface area contributed by atoms with Crippen LogP contribution < -0.4 is 5.11 Å².